The van der Waals surface area contributed by atoms with Crippen LogP contribution in [0.2, 0.25) is 0 Å². The maximum absolute atomic E-state index is 12.6. The van der Waals surface area contributed by atoms with Gasteiger partial charge in [0.2, 0.25) is 0 Å². The van der Waals surface area contributed by atoms with E-state index in [1.807, 2.05) is 23.1 Å². The van der Waals surface area contributed by atoms with Gasteiger partial charge in [0.25, 0.3) is 5.91 Å². The summed E-state index contributed by atoms with van der Waals surface area (Å²) in [6.07, 6.45) is 5.97. The summed E-state index contributed by atoms with van der Waals surface area (Å²) in [5.74, 6) is 1.59. The lowest BCUT2D eigenvalue weighted by molar-refractivity contribution is 0.0740. The zero-order chi connectivity index (χ0) is 17.6. The molecule has 0 aliphatic carbocycles. The van der Waals surface area contributed by atoms with Gasteiger partial charge < -0.3 is 15.1 Å². The minimum atomic E-state index is -0.0664. The lowest BCUT2D eigenvalue weighted by Crippen LogP contribution is -2.49. The minimum absolute atomic E-state index is 0.0664. The molecule has 0 saturated carbocycles. The number of hydrogen-bond acceptors (Lipinski definition) is 6. The Morgan fingerprint density at radius 2 is 1.96 bits per heavy atom. The van der Waals surface area contributed by atoms with E-state index >= 15 is 0 Å². The molecule has 1 fully saturated rings. The predicted molar refractivity (Wildman–Crippen MR) is 97.8 cm³/mol. The summed E-state index contributed by atoms with van der Waals surface area (Å²) in [4.78, 5) is 29.6. The van der Waals surface area contributed by atoms with Crippen LogP contribution in [0.4, 0.5) is 11.6 Å². The summed E-state index contributed by atoms with van der Waals surface area (Å²) in [6, 6.07) is 6.20. The van der Waals surface area contributed by atoms with E-state index in [1.54, 1.807) is 18.6 Å². The molecule has 2 aromatic heterocycles. The van der Waals surface area contributed by atoms with Gasteiger partial charge in [-0.25, -0.2) is 15.0 Å². The average Bonchev–Trinajstić information content (AvgIpc) is 2.69. The summed E-state index contributed by atoms with van der Waals surface area (Å²) in [7, 11) is 0. The molecular formula is C18H24N6O. The molecular weight excluding hydrogens is 316 g/mol. The normalized spacial score (nSPS) is 15.8. The molecule has 3 rings (SSSR count). The van der Waals surface area contributed by atoms with Gasteiger partial charge in [-0.3, -0.25) is 4.79 Å². The Kier molecular flexibility index (Phi) is 5.42. The summed E-state index contributed by atoms with van der Waals surface area (Å²) < 4.78 is 0. The van der Waals surface area contributed by atoms with Crippen LogP contribution in [0.25, 0.3) is 0 Å². The highest BCUT2D eigenvalue weighted by molar-refractivity contribution is 5.92. The second-order valence-electron chi connectivity index (χ2n) is 6.21. The van der Waals surface area contributed by atoms with E-state index in [0.29, 0.717) is 30.6 Å². The van der Waals surface area contributed by atoms with Crippen molar-refractivity contribution in [3.63, 3.8) is 0 Å². The SMILES string of the molecule is CCC(C)Nc1cnc(C(=O)N2CCN(c3ccccn3)CC2)cn1. The Bertz CT molecular complexity index is 682. The largest absolute Gasteiger partial charge is 0.366 e. The van der Waals surface area contributed by atoms with Crippen molar-refractivity contribution in [2.45, 2.75) is 26.3 Å². The van der Waals surface area contributed by atoms with Crippen LogP contribution in [-0.2, 0) is 0 Å². The van der Waals surface area contributed by atoms with Gasteiger partial charge in [-0.1, -0.05) is 13.0 Å². The van der Waals surface area contributed by atoms with Crippen molar-refractivity contribution in [2.75, 3.05) is 36.4 Å². The van der Waals surface area contributed by atoms with Gasteiger partial charge in [0.15, 0.2) is 0 Å². The first kappa shape index (κ1) is 17.1. The summed E-state index contributed by atoms with van der Waals surface area (Å²) in [6.45, 7) is 7.04. The third-order valence-electron chi connectivity index (χ3n) is 4.42. The van der Waals surface area contributed by atoms with Crippen molar-refractivity contribution < 1.29 is 4.79 Å². The molecule has 1 saturated heterocycles. The first-order valence-electron chi connectivity index (χ1n) is 8.71. The standard InChI is InChI=1S/C18H24N6O/c1-3-14(2)22-16-13-20-15(12-21-16)18(25)24-10-8-23(9-11-24)17-6-4-5-7-19-17/h4-7,12-14H,3,8-11H2,1-2H3,(H,21,22). The molecule has 1 aliphatic rings. The fraction of sp³-hybridized carbons (Fsp3) is 0.444. The number of aromatic nitrogens is 3. The number of nitrogens with one attached hydrogen (secondary N) is 1. The van der Waals surface area contributed by atoms with E-state index in [2.05, 4.69) is 39.0 Å². The van der Waals surface area contributed by atoms with Crippen LogP contribution in [-0.4, -0.2) is 58.0 Å². The molecule has 1 unspecified atom stereocenters. The van der Waals surface area contributed by atoms with E-state index in [0.717, 1.165) is 25.3 Å². The molecule has 1 N–H and O–H groups in total. The maximum Gasteiger partial charge on any atom is 0.274 e. The molecule has 1 amide bonds. The Morgan fingerprint density at radius 1 is 1.16 bits per heavy atom. The van der Waals surface area contributed by atoms with E-state index in [1.165, 1.54) is 0 Å². The molecule has 7 nitrogen and oxygen atoms in total. The smallest absolute Gasteiger partial charge is 0.274 e. The second kappa shape index (κ2) is 7.92. The molecule has 1 aliphatic heterocycles. The number of amides is 1. The molecule has 0 bridgehead atoms. The molecule has 1 atom stereocenters. The van der Waals surface area contributed by atoms with Crippen LogP contribution >= 0.6 is 0 Å². The highest BCUT2D eigenvalue weighted by Crippen LogP contribution is 2.14. The Labute approximate surface area is 148 Å². The van der Waals surface area contributed by atoms with Crippen molar-refractivity contribution in [1.29, 1.82) is 0 Å². The van der Waals surface area contributed by atoms with Crippen LogP contribution in [0.15, 0.2) is 36.8 Å². The Balaban J connectivity index is 1.57. The number of hydrogen-bond donors (Lipinski definition) is 1. The zero-order valence-corrected chi connectivity index (χ0v) is 14.7. The van der Waals surface area contributed by atoms with Gasteiger partial charge in [-0.15, -0.1) is 0 Å². The van der Waals surface area contributed by atoms with Crippen LogP contribution in [0.5, 0.6) is 0 Å². The highest BCUT2D eigenvalue weighted by atomic mass is 16.2. The lowest BCUT2D eigenvalue weighted by Gasteiger charge is -2.35. The van der Waals surface area contributed by atoms with Crippen LogP contribution in [0, 0.1) is 0 Å². The number of rotatable bonds is 5. The van der Waals surface area contributed by atoms with Crippen molar-refractivity contribution in [3.05, 3.63) is 42.5 Å². The van der Waals surface area contributed by atoms with Gasteiger partial charge in [-0.05, 0) is 25.5 Å². The topological polar surface area (TPSA) is 74.2 Å². The van der Waals surface area contributed by atoms with Crippen molar-refractivity contribution in [1.82, 2.24) is 19.9 Å². The molecule has 25 heavy (non-hydrogen) atoms. The van der Waals surface area contributed by atoms with E-state index in [4.69, 9.17) is 0 Å². The number of nitrogens with zero attached hydrogens (tertiary/aromatic N) is 5. The number of carbonyl (C=O) groups is 1. The molecule has 0 spiro atoms. The molecule has 132 valence electrons. The maximum atomic E-state index is 12.6. The molecule has 2 aromatic rings. The second-order valence-corrected chi connectivity index (χ2v) is 6.21. The predicted octanol–water partition coefficient (Wildman–Crippen LogP) is 2.04. The molecule has 0 radical (unpaired) electrons. The fourth-order valence-electron chi connectivity index (χ4n) is 2.71. The summed E-state index contributed by atoms with van der Waals surface area (Å²) in [5, 5.41) is 3.25. The number of piperazine rings is 1. The Morgan fingerprint density at radius 3 is 2.56 bits per heavy atom. The minimum Gasteiger partial charge on any atom is -0.366 e. The fourth-order valence-corrected chi connectivity index (χ4v) is 2.71. The van der Waals surface area contributed by atoms with Crippen molar-refractivity contribution in [3.8, 4) is 0 Å². The zero-order valence-electron chi connectivity index (χ0n) is 14.7. The van der Waals surface area contributed by atoms with Crippen LogP contribution in [0.1, 0.15) is 30.8 Å². The monoisotopic (exact) mass is 340 g/mol. The van der Waals surface area contributed by atoms with Crippen molar-refractivity contribution in [2.24, 2.45) is 0 Å². The number of carbonyl (C=O) groups excluding carboxylic acids is 1. The lowest BCUT2D eigenvalue weighted by atomic mass is 10.2. The van der Waals surface area contributed by atoms with E-state index < -0.39 is 0 Å². The van der Waals surface area contributed by atoms with Crippen LogP contribution in [0.3, 0.4) is 0 Å². The van der Waals surface area contributed by atoms with Gasteiger partial charge in [-0.2, -0.15) is 0 Å². The molecule has 7 heteroatoms. The first-order chi connectivity index (χ1) is 12.2. The number of anilines is 2. The number of pyridine rings is 1. The summed E-state index contributed by atoms with van der Waals surface area (Å²) in [5.41, 5.74) is 0.390. The third-order valence-corrected chi connectivity index (χ3v) is 4.42. The summed E-state index contributed by atoms with van der Waals surface area (Å²) >= 11 is 0. The highest BCUT2D eigenvalue weighted by Gasteiger charge is 2.23. The van der Waals surface area contributed by atoms with Crippen molar-refractivity contribution >= 4 is 17.5 Å². The van der Waals surface area contributed by atoms with E-state index in [-0.39, 0.29) is 5.91 Å². The molecule has 0 aromatic carbocycles. The van der Waals surface area contributed by atoms with Gasteiger partial charge in [0.05, 0.1) is 12.4 Å². The van der Waals surface area contributed by atoms with Gasteiger partial charge in [0, 0.05) is 38.4 Å². The van der Waals surface area contributed by atoms with Gasteiger partial charge in [0.1, 0.15) is 17.3 Å². The third kappa shape index (κ3) is 4.23. The Hall–Kier alpha value is -2.70. The quantitative estimate of drug-likeness (QED) is 0.898. The first-order valence-corrected chi connectivity index (χ1v) is 8.71. The van der Waals surface area contributed by atoms with Gasteiger partial charge >= 0.3 is 0 Å². The molecule has 3 heterocycles. The van der Waals surface area contributed by atoms with Crippen LogP contribution < -0.4 is 10.2 Å². The average molecular weight is 340 g/mol. The van der Waals surface area contributed by atoms with E-state index in [9.17, 15) is 4.79 Å².